The van der Waals surface area contributed by atoms with Crippen LogP contribution in [0.5, 0.6) is 0 Å². The first-order valence-corrected chi connectivity index (χ1v) is 5.68. The first-order valence-electron chi connectivity index (χ1n) is 4.86. The lowest BCUT2D eigenvalue weighted by Crippen LogP contribution is -1.96. The Kier molecular flexibility index (Phi) is 2.96. The molecule has 0 saturated carbocycles. The number of rotatable bonds is 3. The molecule has 1 N–H and O–H groups in total. The van der Waals surface area contributed by atoms with Crippen molar-refractivity contribution >= 4 is 17.3 Å². The maximum atomic E-state index is 11.1. The molecule has 0 fully saturated rings. The quantitative estimate of drug-likeness (QED) is 0.886. The van der Waals surface area contributed by atoms with Crippen LogP contribution in [-0.4, -0.2) is 21.0 Å². The van der Waals surface area contributed by atoms with Crippen molar-refractivity contribution in [3.05, 3.63) is 34.3 Å². The molecule has 5 heteroatoms. The first-order chi connectivity index (χ1) is 7.72. The molecule has 0 aliphatic rings. The van der Waals surface area contributed by atoms with Crippen molar-refractivity contribution in [1.82, 2.24) is 9.97 Å². The fourth-order valence-electron chi connectivity index (χ4n) is 1.34. The van der Waals surface area contributed by atoms with Crippen LogP contribution < -0.4 is 0 Å². The number of pyridine rings is 1. The van der Waals surface area contributed by atoms with Crippen LogP contribution in [0.25, 0.3) is 11.4 Å². The van der Waals surface area contributed by atoms with Gasteiger partial charge in [-0.15, -0.1) is 11.3 Å². The lowest BCUT2D eigenvalue weighted by atomic mass is 10.2. The van der Waals surface area contributed by atoms with Crippen molar-refractivity contribution in [2.24, 2.45) is 0 Å². The maximum Gasteiger partial charge on any atom is 0.348 e. The lowest BCUT2D eigenvalue weighted by Gasteiger charge is -1.96. The molecule has 2 rings (SSSR count). The molecule has 0 unspecified atom stereocenters. The highest BCUT2D eigenvalue weighted by molar-refractivity contribution is 7.14. The second-order valence-corrected chi connectivity index (χ2v) is 4.24. The summed E-state index contributed by atoms with van der Waals surface area (Å²) in [4.78, 5) is 19.7. The zero-order valence-corrected chi connectivity index (χ0v) is 9.49. The van der Waals surface area contributed by atoms with Gasteiger partial charge in [0.2, 0.25) is 0 Å². The summed E-state index contributed by atoms with van der Waals surface area (Å²) < 4.78 is 0. The third kappa shape index (κ3) is 1.94. The van der Waals surface area contributed by atoms with E-state index in [9.17, 15) is 4.79 Å². The molecule has 4 nitrogen and oxygen atoms in total. The van der Waals surface area contributed by atoms with Gasteiger partial charge < -0.3 is 5.11 Å². The van der Waals surface area contributed by atoms with E-state index in [0.717, 1.165) is 11.4 Å². The van der Waals surface area contributed by atoms with Gasteiger partial charge in [0.15, 0.2) is 0 Å². The van der Waals surface area contributed by atoms with Crippen LogP contribution in [0.2, 0.25) is 0 Å². The van der Waals surface area contributed by atoms with Crippen LogP contribution in [0.3, 0.4) is 0 Å². The fourth-order valence-corrected chi connectivity index (χ4v) is 2.19. The van der Waals surface area contributed by atoms with E-state index in [-0.39, 0.29) is 4.88 Å². The van der Waals surface area contributed by atoms with Crippen molar-refractivity contribution in [2.75, 3.05) is 0 Å². The lowest BCUT2D eigenvalue weighted by molar-refractivity contribution is 0.0702. The highest BCUT2D eigenvalue weighted by Gasteiger charge is 2.18. The van der Waals surface area contributed by atoms with E-state index in [1.54, 1.807) is 18.3 Å². The summed E-state index contributed by atoms with van der Waals surface area (Å²) in [7, 11) is 0. The number of aromatic nitrogens is 2. The van der Waals surface area contributed by atoms with Crippen LogP contribution >= 0.6 is 11.3 Å². The Bertz CT molecular complexity index is 508. The van der Waals surface area contributed by atoms with E-state index in [2.05, 4.69) is 9.97 Å². The van der Waals surface area contributed by atoms with Crippen molar-refractivity contribution in [1.29, 1.82) is 0 Å². The second-order valence-electron chi connectivity index (χ2n) is 3.16. The Balaban J connectivity index is 2.55. The zero-order valence-electron chi connectivity index (χ0n) is 8.67. The van der Waals surface area contributed by atoms with Crippen LogP contribution in [0.4, 0.5) is 0 Å². The summed E-state index contributed by atoms with van der Waals surface area (Å²) in [6, 6.07) is 5.37. The summed E-state index contributed by atoms with van der Waals surface area (Å²) in [6.45, 7) is 1.95. The molecule has 0 bridgehead atoms. The zero-order chi connectivity index (χ0) is 11.5. The van der Waals surface area contributed by atoms with Gasteiger partial charge in [0.25, 0.3) is 0 Å². The highest BCUT2D eigenvalue weighted by Crippen LogP contribution is 2.27. The third-order valence-corrected chi connectivity index (χ3v) is 3.26. The van der Waals surface area contributed by atoms with Gasteiger partial charge in [-0.05, 0) is 18.6 Å². The summed E-state index contributed by atoms with van der Waals surface area (Å²) in [6.07, 6.45) is 2.36. The molecule has 2 aromatic heterocycles. The molecule has 2 aromatic rings. The standard InChI is InChI=1S/C11H10N2O2S/c1-2-8-13-9(10(16-8)11(14)15)7-5-3-4-6-12-7/h3-6H,2H2,1H3,(H,14,15). The fraction of sp³-hybridized carbons (Fsp3) is 0.182. The molecule has 0 aromatic carbocycles. The van der Waals surface area contributed by atoms with E-state index < -0.39 is 5.97 Å². The van der Waals surface area contributed by atoms with E-state index in [4.69, 9.17) is 5.11 Å². The predicted octanol–water partition coefficient (Wildman–Crippen LogP) is 2.47. The van der Waals surface area contributed by atoms with Gasteiger partial charge in [0.1, 0.15) is 10.6 Å². The summed E-state index contributed by atoms with van der Waals surface area (Å²) >= 11 is 1.21. The number of aromatic carboxylic acids is 1. The molecule has 82 valence electrons. The second kappa shape index (κ2) is 4.40. The number of hydrogen-bond donors (Lipinski definition) is 1. The number of carboxylic acids is 1. The largest absolute Gasteiger partial charge is 0.477 e. The molecule has 16 heavy (non-hydrogen) atoms. The van der Waals surface area contributed by atoms with Gasteiger partial charge in [0.05, 0.1) is 10.7 Å². The van der Waals surface area contributed by atoms with Gasteiger partial charge in [-0.1, -0.05) is 13.0 Å². The third-order valence-electron chi connectivity index (χ3n) is 2.08. The monoisotopic (exact) mass is 234 g/mol. The van der Waals surface area contributed by atoms with Crippen molar-refractivity contribution in [2.45, 2.75) is 13.3 Å². The van der Waals surface area contributed by atoms with Crippen LogP contribution in [0, 0.1) is 0 Å². The number of nitrogens with zero attached hydrogens (tertiary/aromatic N) is 2. The summed E-state index contributed by atoms with van der Waals surface area (Å²) in [5.74, 6) is -0.946. The molecule has 0 aliphatic heterocycles. The van der Waals surface area contributed by atoms with Crippen molar-refractivity contribution in [3.8, 4) is 11.4 Å². The number of carboxylic acid groups (broad SMARTS) is 1. The highest BCUT2D eigenvalue weighted by atomic mass is 32.1. The molecule has 0 atom stereocenters. The van der Waals surface area contributed by atoms with Crippen LogP contribution in [0.1, 0.15) is 21.6 Å². The average Bonchev–Trinajstić information content (AvgIpc) is 2.74. The molecular formula is C11H10N2O2S. The Labute approximate surface area is 96.6 Å². The molecule has 2 heterocycles. The molecule has 0 aliphatic carbocycles. The minimum Gasteiger partial charge on any atom is -0.477 e. The SMILES string of the molecule is CCc1nc(-c2ccccn2)c(C(=O)O)s1. The van der Waals surface area contributed by atoms with Crippen molar-refractivity contribution in [3.63, 3.8) is 0 Å². The normalized spacial score (nSPS) is 10.3. The number of aryl methyl sites for hydroxylation is 1. The van der Waals surface area contributed by atoms with E-state index in [1.165, 1.54) is 11.3 Å². The predicted molar refractivity (Wildman–Crippen MR) is 61.7 cm³/mol. The van der Waals surface area contributed by atoms with E-state index in [0.29, 0.717) is 11.4 Å². The molecule has 0 spiro atoms. The number of thiazole rings is 1. The smallest absolute Gasteiger partial charge is 0.348 e. The molecule has 0 amide bonds. The summed E-state index contributed by atoms with van der Waals surface area (Å²) in [5, 5.41) is 9.90. The first kappa shape index (κ1) is 10.8. The Morgan fingerprint density at radius 3 is 2.88 bits per heavy atom. The molecular weight excluding hydrogens is 224 g/mol. The topological polar surface area (TPSA) is 63.1 Å². The maximum absolute atomic E-state index is 11.1. The van der Waals surface area contributed by atoms with Gasteiger partial charge in [-0.3, -0.25) is 4.98 Å². The average molecular weight is 234 g/mol. The van der Waals surface area contributed by atoms with Crippen LogP contribution in [-0.2, 0) is 6.42 Å². The molecule has 0 radical (unpaired) electrons. The Morgan fingerprint density at radius 2 is 2.31 bits per heavy atom. The Hall–Kier alpha value is -1.75. The molecule has 0 saturated heterocycles. The summed E-state index contributed by atoms with van der Waals surface area (Å²) in [5.41, 5.74) is 1.07. The minimum atomic E-state index is -0.946. The minimum absolute atomic E-state index is 0.260. The Morgan fingerprint density at radius 1 is 1.50 bits per heavy atom. The van der Waals surface area contributed by atoms with Gasteiger partial charge in [-0.25, -0.2) is 9.78 Å². The van der Waals surface area contributed by atoms with Gasteiger partial charge in [-0.2, -0.15) is 0 Å². The number of hydrogen-bond acceptors (Lipinski definition) is 4. The van der Waals surface area contributed by atoms with Crippen molar-refractivity contribution < 1.29 is 9.90 Å². The number of carbonyl (C=O) groups is 1. The van der Waals surface area contributed by atoms with E-state index >= 15 is 0 Å². The van der Waals surface area contributed by atoms with E-state index in [1.807, 2.05) is 13.0 Å². The van der Waals surface area contributed by atoms with Gasteiger partial charge in [0, 0.05) is 6.20 Å². The van der Waals surface area contributed by atoms with Crippen LogP contribution in [0.15, 0.2) is 24.4 Å². The van der Waals surface area contributed by atoms with Gasteiger partial charge >= 0.3 is 5.97 Å².